The van der Waals surface area contributed by atoms with Crippen molar-refractivity contribution >= 4 is 27.5 Å². The van der Waals surface area contributed by atoms with Crippen molar-refractivity contribution in [3.05, 3.63) is 53.1 Å². The van der Waals surface area contributed by atoms with E-state index in [1.165, 1.54) is 36.5 Å². The Bertz CT molecular complexity index is 1230. The maximum Gasteiger partial charge on any atom is 0.341 e. The van der Waals surface area contributed by atoms with E-state index in [0.717, 1.165) is 18.4 Å². The molecule has 1 atom stereocenters. The van der Waals surface area contributed by atoms with Crippen molar-refractivity contribution < 1.29 is 32.2 Å². The average molecular weight is 516 g/mol. The summed E-state index contributed by atoms with van der Waals surface area (Å²) in [7, 11) is -2.76. The summed E-state index contributed by atoms with van der Waals surface area (Å²) in [4.78, 5) is 24.5. The van der Waals surface area contributed by atoms with Crippen LogP contribution in [0, 0.1) is 5.92 Å². The summed E-state index contributed by atoms with van der Waals surface area (Å²) in [5, 5.41) is 0. The largest absolute Gasteiger partial charge is 0.492 e. The van der Waals surface area contributed by atoms with Gasteiger partial charge in [-0.3, -0.25) is 9.10 Å². The van der Waals surface area contributed by atoms with E-state index in [-0.39, 0.29) is 22.3 Å². The third-order valence-corrected chi connectivity index (χ3v) is 8.86. The lowest BCUT2D eigenvalue weighted by Crippen LogP contribution is -2.43. The minimum absolute atomic E-state index is 0.0109. The number of ketones is 1. The SMILES string of the molecule is CCC1CCc2cc(C(C)=O)ccc2N1S(=O)(=O)c1ccc(OCC2CCOCC2)c(C(=O)OC)c1. The van der Waals surface area contributed by atoms with Gasteiger partial charge in [-0.15, -0.1) is 0 Å². The van der Waals surface area contributed by atoms with Crippen LogP contribution in [0.15, 0.2) is 41.3 Å². The molecule has 0 amide bonds. The van der Waals surface area contributed by atoms with Gasteiger partial charge in [0.05, 0.1) is 24.3 Å². The molecule has 2 heterocycles. The van der Waals surface area contributed by atoms with Gasteiger partial charge in [-0.1, -0.05) is 6.92 Å². The first-order chi connectivity index (χ1) is 17.3. The summed E-state index contributed by atoms with van der Waals surface area (Å²) in [6, 6.07) is 9.25. The molecule has 0 aromatic heterocycles. The van der Waals surface area contributed by atoms with Crippen LogP contribution < -0.4 is 9.04 Å². The number of methoxy groups -OCH3 is 1. The van der Waals surface area contributed by atoms with E-state index in [4.69, 9.17) is 14.2 Å². The summed E-state index contributed by atoms with van der Waals surface area (Å²) >= 11 is 0. The van der Waals surface area contributed by atoms with E-state index in [0.29, 0.717) is 62.0 Å². The summed E-state index contributed by atoms with van der Waals surface area (Å²) in [6.45, 7) is 5.22. The number of nitrogens with zero attached hydrogens (tertiary/aromatic N) is 1. The first-order valence-corrected chi connectivity index (χ1v) is 13.8. The molecule has 1 unspecified atom stereocenters. The van der Waals surface area contributed by atoms with E-state index < -0.39 is 16.0 Å². The Labute approximate surface area is 212 Å². The summed E-state index contributed by atoms with van der Waals surface area (Å²) in [6.07, 6.45) is 3.70. The van der Waals surface area contributed by atoms with Crippen LogP contribution >= 0.6 is 0 Å². The Morgan fingerprint density at radius 1 is 1.08 bits per heavy atom. The second-order valence-electron chi connectivity index (χ2n) is 9.32. The smallest absolute Gasteiger partial charge is 0.341 e. The Morgan fingerprint density at radius 2 is 1.83 bits per heavy atom. The summed E-state index contributed by atoms with van der Waals surface area (Å²) in [5.41, 5.74) is 2.01. The van der Waals surface area contributed by atoms with Crippen molar-refractivity contribution in [2.45, 2.75) is 56.9 Å². The molecule has 0 aliphatic carbocycles. The van der Waals surface area contributed by atoms with E-state index in [1.54, 1.807) is 18.2 Å². The Morgan fingerprint density at radius 3 is 2.50 bits per heavy atom. The highest BCUT2D eigenvalue weighted by Gasteiger charge is 2.36. The molecule has 194 valence electrons. The fraction of sp³-hybridized carbons (Fsp3) is 0.481. The molecular formula is C27H33NO7S. The van der Waals surface area contributed by atoms with Gasteiger partial charge in [0, 0.05) is 24.8 Å². The number of rotatable bonds is 8. The zero-order chi connectivity index (χ0) is 25.9. The van der Waals surface area contributed by atoms with Gasteiger partial charge in [0.1, 0.15) is 11.3 Å². The van der Waals surface area contributed by atoms with Gasteiger partial charge < -0.3 is 14.2 Å². The van der Waals surface area contributed by atoms with E-state index in [9.17, 15) is 18.0 Å². The number of aryl methyl sites for hydroxylation is 1. The van der Waals surface area contributed by atoms with Gasteiger partial charge in [0.15, 0.2) is 5.78 Å². The zero-order valence-electron chi connectivity index (χ0n) is 21.0. The number of benzene rings is 2. The molecule has 2 aromatic rings. The lowest BCUT2D eigenvalue weighted by molar-refractivity contribution is 0.0483. The topological polar surface area (TPSA) is 99.2 Å². The number of fused-ring (bicyclic) bond motifs is 1. The Balaban J connectivity index is 1.70. The molecule has 2 aliphatic heterocycles. The molecule has 2 aromatic carbocycles. The maximum absolute atomic E-state index is 14.0. The second-order valence-corrected chi connectivity index (χ2v) is 11.1. The molecule has 2 aliphatic rings. The van der Waals surface area contributed by atoms with Crippen molar-refractivity contribution in [1.82, 2.24) is 0 Å². The molecule has 8 nitrogen and oxygen atoms in total. The molecule has 36 heavy (non-hydrogen) atoms. The lowest BCUT2D eigenvalue weighted by atomic mass is 9.94. The third-order valence-electron chi connectivity index (χ3n) is 7.00. The van der Waals surface area contributed by atoms with Gasteiger partial charge in [0.25, 0.3) is 10.0 Å². The van der Waals surface area contributed by atoms with Gasteiger partial charge >= 0.3 is 5.97 Å². The predicted octanol–water partition coefficient (Wildman–Crippen LogP) is 4.40. The van der Waals surface area contributed by atoms with Crippen molar-refractivity contribution in [3.8, 4) is 5.75 Å². The predicted molar refractivity (Wildman–Crippen MR) is 135 cm³/mol. The maximum atomic E-state index is 14.0. The number of sulfonamides is 1. The van der Waals surface area contributed by atoms with Crippen LogP contribution in [-0.4, -0.2) is 53.1 Å². The number of ether oxygens (including phenoxy) is 3. The molecule has 0 saturated carbocycles. The Hall–Kier alpha value is -2.91. The van der Waals surface area contributed by atoms with E-state index in [2.05, 4.69) is 0 Å². The summed E-state index contributed by atoms with van der Waals surface area (Å²) < 4.78 is 45.7. The normalized spacial score (nSPS) is 18.4. The monoisotopic (exact) mass is 515 g/mol. The minimum atomic E-state index is -4.02. The van der Waals surface area contributed by atoms with Crippen LogP contribution in [0.25, 0.3) is 0 Å². The molecule has 0 spiro atoms. The van der Waals surface area contributed by atoms with Crippen molar-refractivity contribution in [1.29, 1.82) is 0 Å². The molecule has 0 N–H and O–H groups in total. The number of carbonyl (C=O) groups excluding carboxylic acids is 2. The van der Waals surface area contributed by atoms with Crippen LogP contribution in [0.5, 0.6) is 5.75 Å². The molecule has 0 bridgehead atoms. The number of esters is 1. The Kier molecular flexibility index (Phi) is 8.00. The highest BCUT2D eigenvalue weighted by atomic mass is 32.2. The number of anilines is 1. The zero-order valence-corrected chi connectivity index (χ0v) is 21.8. The van der Waals surface area contributed by atoms with Crippen LogP contribution in [-0.2, 0) is 25.9 Å². The molecular weight excluding hydrogens is 482 g/mol. The molecule has 4 rings (SSSR count). The van der Waals surface area contributed by atoms with Crippen LogP contribution in [0.2, 0.25) is 0 Å². The number of hydrogen-bond donors (Lipinski definition) is 0. The summed E-state index contributed by atoms with van der Waals surface area (Å²) in [5.74, 6) is -0.123. The first kappa shape index (κ1) is 26.2. The fourth-order valence-electron chi connectivity index (χ4n) is 4.85. The number of hydrogen-bond acceptors (Lipinski definition) is 7. The minimum Gasteiger partial charge on any atom is -0.492 e. The standard InChI is InChI=1S/C27H33NO7S/c1-4-22-7-5-21-15-20(18(2)29)6-9-25(21)28(22)36(31,32)23-8-10-26(24(16-23)27(30)33-3)35-17-19-11-13-34-14-12-19/h6,8-10,15-16,19,22H,4-5,7,11-14,17H2,1-3H3. The average Bonchev–Trinajstić information content (AvgIpc) is 2.90. The van der Waals surface area contributed by atoms with Crippen molar-refractivity contribution in [2.24, 2.45) is 5.92 Å². The fourth-order valence-corrected chi connectivity index (χ4v) is 6.67. The number of carbonyl (C=O) groups is 2. The quantitative estimate of drug-likeness (QED) is 0.379. The van der Waals surface area contributed by atoms with E-state index >= 15 is 0 Å². The second kappa shape index (κ2) is 11.0. The molecule has 9 heteroatoms. The lowest BCUT2D eigenvalue weighted by Gasteiger charge is -2.37. The van der Waals surface area contributed by atoms with Gasteiger partial charge in [-0.2, -0.15) is 0 Å². The van der Waals surface area contributed by atoms with Crippen molar-refractivity contribution in [2.75, 3.05) is 31.2 Å². The van der Waals surface area contributed by atoms with Crippen LogP contribution in [0.4, 0.5) is 5.69 Å². The highest BCUT2D eigenvalue weighted by Crippen LogP contribution is 2.38. The third kappa shape index (κ3) is 5.27. The highest BCUT2D eigenvalue weighted by molar-refractivity contribution is 7.92. The molecule has 1 saturated heterocycles. The molecule has 0 radical (unpaired) electrons. The van der Waals surface area contributed by atoms with Crippen molar-refractivity contribution in [3.63, 3.8) is 0 Å². The van der Waals surface area contributed by atoms with Gasteiger partial charge in [-0.25, -0.2) is 13.2 Å². The first-order valence-electron chi connectivity index (χ1n) is 12.4. The van der Waals surface area contributed by atoms with Gasteiger partial charge in [-0.05, 0) is 86.9 Å². The van der Waals surface area contributed by atoms with Crippen LogP contribution in [0.3, 0.4) is 0 Å². The molecule has 1 fully saturated rings. The number of Topliss-reactive ketones (excluding diaryl/α,β-unsaturated/α-hetero) is 1. The van der Waals surface area contributed by atoms with E-state index in [1.807, 2.05) is 6.92 Å². The van der Waals surface area contributed by atoms with Crippen LogP contribution in [0.1, 0.15) is 65.8 Å². The van der Waals surface area contributed by atoms with Gasteiger partial charge in [0.2, 0.25) is 0 Å².